The first kappa shape index (κ1) is 20.1. The van der Waals surface area contributed by atoms with Gasteiger partial charge in [-0.15, -0.1) is 0 Å². The van der Waals surface area contributed by atoms with Crippen LogP contribution in [0.1, 0.15) is 35.7 Å². The number of benzene rings is 2. The lowest BCUT2D eigenvalue weighted by molar-refractivity contribution is -0.119. The number of unbranched alkanes of at least 4 members (excludes halogenated alkanes) is 1. The lowest BCUT2D eigenvalue weighted by atomic mass is 10.2. The molecule has 2 N–H and O–H groups in total. The van der Waals surface area contributed by atoms with Crippen molar-refractivity contribution in [1.29, 1.82) is 0 Å². The third-order valence-corrected chi connectivity index (χ3v) is 3.67. The normalized spacial score (nSPS) is 9.67. The molecule has 0 heterocycles. The molecule has 0 unspecified atom stereocenters. The van der Waals surface area contributed by atoms with Crippen molar-refractivity contribution in [2.45, 2.75) is 19.8 Å². The van der Waals surface area contributed by atoms with Crippen LogP contribution in [0.5, 0.6) is 5.75 Å². The van der Waals surface area contributed by atoms with E-state index in [2.05, 4.69) is 29.4 Å². The Morgan fingerprint density at radius 2 is 1.74 bits per heavy atom. The van der Waals surface area contributed by atoms with Gasteiger partial charge in [0.1, 0.15) is 5.75 Å². The van der Waals surface area contributed by atoms with E-state index in [1.165, 1.54) is 0 Å². The molecule has 0 spiro atoms. The fourth-order valence-electron chi connectivity index (χ4n) is 2.17. The minimum atomic E-state index is -0.305. The van der Waals surface area contributed by atoms with E-state index in [0.717, 1.165) is 24.2 Å². The molecule has 0 bridgehead atoms. The topological polar surface area (TPSA) is 67.4 Å². The van der Waals surface area contributed by atoms with Crippen molar-refractivity contribution in [3.8, 4) is 17.6 Å². The summed E-state index contributed by atoms with van der Waals surface area (Å²) in [5.74, 6) is 5.96. The van der Waals surface area contributed by atoms with E-state index in [9.17, 15) is 9.59 Å². The Balaban J connectivity index is 1.70. The number of hydrogen-bond donors (Lipinski definition) is 2. The lowest BCUT2D eigenvalue weighted by Gasteiger charge is -2.07. The van der Waals surface area contributed by atoms with Crippen LogP contribution in [0.15, 0.2) is 54.6 Å². The molecule has 2 aromatic carbocycles. The average Bonchev–Trinajstić information content (AvgIpc) is 2.71. The molecular weight excluding hydrogens is 340 g/mol. The smallest absolute Gasteiger partial charge is 0.251 e. The molecule has 0 saturated heterocycles. The highest BCUT2D eigenvalue weighted by Gasteiger charge is 2.07. The molecule has 0 saturated carbocycles. The highest BCUT2D eigenvalue weighted by Crippen LogP contribution is 2.12. The third-order valence-electron chi connectivity index (χ3n) is 3.67. The molecule has 0 aliphatic rings. The maximum atomic E-state index is 12.1. The van der Waals surface area contributed by atoms with Crippen molar-refractivity contribution in [2.75, 3.05) is 19.7 Å². The summed E-state index contributed by atoms with van der Waals surface area (Å²) < 4.78 is 5.56. The summed E-state index contributed by atoms with van der Waals surface area (Å²) >= 11 is 0. The molecule has 0 atom stereocenters. The second-order valence-corrected chi connectivity index (χ2v) is 5.85. The summed E-state index contributed by atoms with van der Waals surface area (Å²) in [6.07, 6.45) is 2.06. The maximum absolute atomic E-state index is 12.1. The van der Waals surface area contributed by atoms with Crippen LogP contribution in [0.4, 0.5) is 0 Å². The van der Waals surface area contributed by atoms with E-state index < -0.39 is 0 Å². The summed E-state index contributed by atoms with van der Waals surface area (Å²) in [4.78, 5) is 23.9. The number of carbonyl (C=O) groups excluding carboxylic acids is 2. The number of amides is 2. The molecule has 0 fully saturated rings. The number of nitrogens with one attached hydrogen (secondary N) is 2. The van der Waals surface area contributed by atoms with Crippen LogP contribution >= 0.6 is 0 Å². The van der Waals surface area contributed by atoms with Crippen molar-refractivity contribution in [3.63, 3.8) is 0 Å². The lowest BCUT2D eigenvalue weighted by Crippen LogP contribution is -2.37. The molecule has 0 radical (unpaired) electrons. The van der Waals surface area contributed by atoms with Gasteiger partial charge in [-0.1, -0.05) is 43.4 Å². The second-order valence-electron chi connectivity index (χ2n) is 5.85. The summed E-state index contributed by atoms with van der Waals surface area (Å²) in [7, 11) is 0. The van der Waals surface area contributed by atoms with Gasteiger partial charge in [0.05, 0.1) is 19.7 Å². The molecule has 0 aromatic heterocycles. The first-order chi connectivity index (χ1) is 13.2. The Kier molecular flexibility index (Phi) is 8.45. The largest absolute Gasteiger partial charge is 0.494 e. The highest BCUT2D eigenvalue weighted by atomic mass is 16.5. The van der Waals surface area contributed by atoms with Gasteiger partial charge in [0.25, 0.3) is 5.91 Å². The Hall–Kier alpha value is -3.26. The molecule has 5 heteroatoms. The fraction of sp³-hybridized carbons (Fsp3) is 0.273. The predicted molar refractivity (Wildman–Crippen MR) is 106 cm³/mol. The Bertz CT molecular complexity index is 790. The fourth-order valence-corrected chi connectivity index (χ4v) is 2.17. The molecule has 27 heavy (non-hydrogen) atoms. The maximum Gasteiger partial charge on any atom is 0.251 e. The Labute approximate surface area is 160 Å². The number of hydrogen-bond acceptors (Lipinski definition) is 3. The summed E-state index contributed by atoms with van der Waals surface area (Å²) in [6.45, 7) is 2.90. The third kappa shape index (κ3) is 7.66. The van der Waals surface area contributed by atoms with Crippen LogP contribution < -0.4 is 15.4 Å². The Morgan fingerprint density at radius 3 is 2.44 bits per heavy atom. The van der Waals surface area contributed by atoms with Gasteiger partial charge in [-0.05, 0) is 42.8 Å². The quantitative estimate of drug-likeness (QED) is 0.559. The molecule has 2 rings (SSSR count). The van der Waals surface area contributed by atoms with Crippen molar-refractivity contribution in [3.05, 3.63) is 65.7 Å². The van der Waals surface area contributed by atoms with Crippen molar-refractivity contribution in [1.82, 2.24) is 10.6 Å². The number of rotatable bonds is 8. The molecule has 2 amide bonds. The molecule has 0 aliphatic heterocycles. The van der Waals surface area contributed by atoms with E-state index in [1.807, 2.05) is 30.3 Å². The summed E-state index contributed by atoms with van der Waals surface area (Å²) in [5.41, 5.74) is 1.37. The van der Waals surface area contributed by atoms with E-state index in [0.29, 0.717) is 12.2 Å². The van der Waals surface area contributed by atoms with Crippen LogP contribution in [0.25, 0.3) is 0 Å². The van der Waals surface area contributed by atoms with Gasteiger partial charge in [0.2, 0.25) is 5.91 Å². The zero-order valence-corrected chi connectivity index (χ0v) is 15.5. The van der Waals surface area contributed by atoms with Crippen LogP contribution in [0.3, 0.4) is 0 Å². The Morgan fingerprint density at radius 1 is 1.00 bits per heavy atom. The van der Waals surface area contributed by atoms with Gasteiger partial charge in [-0.2, -0.15) is 0 Å². The summed E-state index contributed by atoms with van der Waals surface area (Å²) in [5, 5.41) is 5.24. The average molecular weight is 364 g/mol. The van der Waals surface area contributed by atoms with E-state index >= 15 is 0 Å². The van der Waals surface area contributed by atoms with Crippen molar-refractivity contribution in [2.24, 2.45) is 0 Å². The van der Waals surface area contributed by atoms with Crippen molar-refractivity contribution >= 4 is 11.8 Å². The monoisotopic (exact) mass is 364 g/mol. The summed E-state index contributed by atoms with van der Waals surface area (Å²) in [6, 6.07) is 16.4. The minimum Gasteiger partial charge on any atom is -0.494 e. The molecule has 0 aliphatic carbocycles. The van der Waals surface area contributed by atoms with Crippen LogP contribution in [0, 0.1) is 11.8 Å². The van der Waals surface area contributed by atoms with Gasteiger partial charge in [0.15, 0.2) is 0 Å². The van der Waals surface area contributed by atoms with E-state index in [1.54, 1.807) is 24.3 Å². The second kappa shape index (κ2) is 11.4. The molecule has 5 nitrogen and oxygen atoms in total. The first-order valence-electron chi connectivity index (χ1n) is 9.00. The first-order valence-corrected chi connectivity index (χ1v) is 9.00. The zero-order valence-electron chi connectivity index (χ0n) is 15.5. The molecule has 2 aromatic rings. The van der Waals surface area contributed by atoms with Crippen LogP contribution in [-0.4, -0.2) is 31.5 Å². The minimum absolute atomic E-state index is 0.0966. The van der Waals surface area contributed by atoms with Gasteiger partial charge in [-0.3, -0.25) is 9.59 Å². The van der Waals surface area contributed by atoms with Gasteiger partial charge in [0, 0.05) is 11.1 Å². The standard InChI is InChI=1S/C22H24N2O3/c1-2-3-16-27-20-13-11-19(12-14-20)22(26)24-17-21(25)23-15-7-10-18-8-5-4-6-9-18/h4-6,8-9,11-14H,2-3,15-17H2,1H3,(H,23,25)(H,24,26). The molecule has 140 valence electrons. The zero-order chi connectivity index (χ0) is 19.3. The van der Waals surface area contributed by atoms with Gasteiger partial charge in [-0.25, -0.2) is 0 Å². The van der Waals surface area contributed by atoms with E-state index in [4.69, 9.17) is 4.74 Å². The number of ether oxygens (including phenoxy) is 1. The van der Waals surface area contributed by atoms with Crippen LogP contribution in [-0.2, 0) is 4.79 Å². The van der Waals surface area contributed by atoms with E-state index in [-0.39, 0.29) is 24.9 Å². The van der Waals surface area contributed by atoms with Crippen molar-refractivity contribution < 1.29 is 14.3 Å². The van der Waals surface area contributed by atoms with Gasteiger partial charge >= 0.3 is 0 Å². The highest BCUT2D eigenvalue weighted by molar-refractivity contribution is 5.96. The van der Waals surface area contributed by atoms with Crippen LogP contribution in [0.2, 0.25) is 0 Å². The number of carbonyl (C=O) groups is 2. The predicted octanol–water partition coefficient (Wildman–Crippen LogP) is 2.76. The van der Waals surface area contributed by atoms with Gasteiger partial charge < -0.3 is 15.4 Å². The molecular formula is C22H24N2O3. The SMILES string of the molecule is CCCCOc1ccc(C(=O)NCC(=O)NCC#Cc2ccccc2)cc1.